The second-order valence-electron chi connectivity index (χ2n) is 6.63. The molecule has 0 aliphatic heterocycles. The maximum atomic E-state index is 14.2. The van der Waals surface area contributed by atoms with E-state index in [1.165, 1.54) is 17.8 Å². The van der Waals surface area contributed by atoms with E-state index in [0.29, 0.717) is 23.3 Å². The summed E-state index contributed by atoms with van der Waals surface area (Å²) in [5, 5.41) is 8.87. The summed E-state index contributed by atoms with van der Waals surface area (Å²) in [6.07, 6.45) is 1.60. The van der Waals surface area contributed by atoms with Crippen molar-refractivity contribution in [2.24, 2.45) is 0 Å². The fourth-order valence-electron chi connectivity index (χ4n) is 3.10. The molecular weight excluding hydrogens is 408 g/mol. The molecule has 0 saturated carbocycles. The Balaban J connectivity index is 1.72. The maximum Gasteiger partial charge on any atom is 0.192 e. The second kappa shape index (κ2) is 8.71. The molecular formula is C22H19F2N3O2S. The number of halogens is 2. The van der Waals surface area contributed by atoms with Crippen LogP contribution in [0.2, 0.25) is 0 Å². The first-order chi connectivity index (χ1) is 14.5. The van der Waals surface area contributed by atoms with Crippen LogP contribution in [0.15, 0.2) is 70.4 Å². The summed E-state index contributed by atoms with van der Waals surface area (Å²) in [7, 11) is 1.60. The van der Waals surface area contributed by atoms with Crippen molar-refractivity contribution in [1.82, 2.24) is 14.8 Å². The minimum Gasteiger partial charge on any atom is -0.497 e. The molecule has 0 amide bonds. The smallest absolute Gasteiger partial charge is 0.192 e. The summed E-state index contributed by atoms with van der Waals surface area (Å²) < 4.78 is 40.6. The van der Waals surface area contributed by atoms with Crippen LogP contribution in [0.1, 0.15) is 23.5 Å². The number of furan rings is 1. The molecule has 0 radical (unpaired) electrons. The Bertz CT molecular complexity index is 1150. The highest BCUT2D eigenvalue weighted by molar-refractivity contribution is 7.99. The van der Waals surface area contributed by atoms with Crippen LogP contribution in [0.4, 0.5) is 8.78 Å². The van der Waals surface area contributed by atoms with Gasteiger partial charge in [0.25, 0.3) is 0 Å². The molecule has 2 aromatic heterocycles. The van der Waals surface area contributed by atoms with E-state index >= 15 is 0 Å². The number of nitrogens with zero attached hydrogens (tertiary/aromatic N) is 3. The van der Waals surface area contributed by atoms with Crippen LogP contribution in [-0.4, -0.2) is 21.9 Å². The van der Waals surface area contributed by atoms with Gasteiger partial charge in [-0.1, -0.05) is 23.9 Å². The summed E-state index contributed by atoms with van der Waals surface area (Å²) in [4.78, 5) is 0. The molecule has 0 aliphatic carbocycles. The van der Waals surface area contributed by atoms with E-state index in [1.54, 1.807) is 20.3 Å². The van der Waals surface area contributed by atoms with Gasteiger partial charge in [0.2, 0.25) is 0 Å². The van der Waals surface area contributed by atoms with Gasteiger partial charge in [-0.15, -0.1) is 10.2 Å². The van der Waals surface area contributed by atoms with Crippen molar-refractivity contribution in [3.63, 3.8) is 0 Å². The molecule has 1 atom stereocenters. The van der Waals surface area contributed by atoms with Gasteiger partial charge in [0.05, 0.1) is 19.9 Å². The zero-order chi connectivity index (χ0) is 21.1. The number of thioether (sulfide) groups is 1. The van der Waals surface area contributed by atoms with Crippen LogP contribution >= 0.6 is 11.8 Å². The highest BCUT2D eigenvalue weighted by Crippen LogP contribution is 2.37. The Labute approximate surface area is 176 Å². The minimum atomic E-state index is -0.479. The molecule has 5 nitrogen and oxygen atoms in total. The molecule has 30 heavy (non-hydrogen) atoms. The highest BCUT2D eigenvalue weighted by Gasteiger charge is 2.21. The van der Waals surface area contributed by atoms with Gasteiger partial charge in [0, 0.05) is 16.4 Å². The van der Waals surface area contributed by atoms with Crippen LogP contribution in [0.3, 0.4) is 0 Å². The Hall–Kier alpha value is -3.13. The number of methoxy groups -OCH3 is 1. The average Bonchev–Trinajstić information content (AvgIpc) is 3.40. The van der Waals surface area contributed by atoms with E-state index < -0.39 is 11.6 Å². The quantitative estimate of drug-likeness (QED) is 0.353. The number of rotatable bonds is 7. The number of hydrogen-bond acceptors (Lipinski definition) is 5. The van der Waals surface area contributed by atoms with E-state index in [0.717, 1.165) is 23.5 Å². The van der Waals surface area contributed by atoms with Gasteiger partial charge >= 0.3 is 0 Å². The number of ether oxygens (including phenoxy) is 1. The summed E-state index contributed by atoms with van der Waals surface area (Å²) in [5.41, 5.74) is 1.10. The van der Waals surface area contributed by atoms with E-state index in [4.69, 9.17) is 9.15 Å². The van der Waals surface area contributed by atoms with Crippen molar-refractivity contribution in [1.29, 1.82) is 0 Å². The lowest BCUT2D eigenvalue weighted by Crippen LogP contribution is -2.05. The van der Waals surface area contributed by atoms with Crippen LogP contribution in [0, 0.1) is 11.6 Å². The second-order valence-corrected chi connectivity index (χ2v) is 7.94. The third kappa shape index (κ3) is 4.23. The molecule has 0 aliphatic rings. The summed E-state index contributed by atoms with van der Waals surface area (Å²) >= 11 is 1.30. The number of benzene rings is 2. The largest absolute Gasteiger partial charge is 0.497 e. The molecule has 1 unspecified atom stereocenters. The molecule has 8 heteroatoms. The average molecular weight is 427 g/mol. The topological polar surface area (TPSA) is 53.1 Å². The zero-order valence-electron chi connectivity index (χ0n) is 16.4. The van der Waals surface area contributed by atoms with E-state index in [9.17, 15) is 8.78 Å². The Morgan fingerprint density at radius 3 is 2.73 bits per heavy atom. The zero-order valence-corrected chi connectivity index (χ0v) is 17.2. The van der Waals surface area contributed by atoms with Crippen molar-refractivity contribution in [2.75, 3.05) is 7.11 Å². The molecule has 4 aromatic rings. The first kappa shape index (κ1) is 20.2. The van der Waals surface area contributed by atoms with Crippen LogP contribution in [0.5, 0.6) is 5.75 Å². The van der Waals surface area contributed by atoms with E-state index in [1.807, 2.05) is 41.0 Å². The lowest BCUT2D eigenvalue weighted by atomic mass is 10.1. The minimum absolute atomic E-state index is 0.274. The summed E-state index contributed by atoms with van der Waals surface area (Å²) in [6.45, 7) is 2.20. The molecule has 4 rings (SSSR count). The van der Waals surface area contributed by atoms with Crippen molar-refractivity contribution in [3.05, 3.63) is 83.8 Å². The third-order valence-electron chi connectivity index (χ3n) is 4.62. The predicted octanol–water partition coefficient (Wildman–Crippen LogP) is 5.73. The lowest BCUT2D eigenvalue weighted by Gasteiger charge is -2.14. The van der Waals surface area contributed by atoms with Gasteiger partial charge in [0.1, 0.15) is 23.1 Å². The van der Waals surface area contributed by atoms with Crippen molar-refractivity contribution >= 4 is 11.8 Å². The predicted molar refractivity (Wildman–Crippen MR) is 110 cm³/mol. The summed E-state index contributed by atoms with van der Waals surface area (Å²) in [6, 6.07) is 14.6. The van der Waals surface area contributed by atoms with Gasteiger partial charge in [-0.2, -0.15) is 0 Å². The van der Waals surface area contributed by atoms with Crippen molar-refractivity contribution < 1.29 is 17.9 Å². The normalized spacial score (nSPS) is 12.1. The van der Waals surface area contributed by atoms with Gasteiger partial charge in [-0.25, -0.2) is 8.78 Å². The fraction of sp³-hybridized carbons (Fsp3) is 0.182. The van der Waals surface area contributed by atoms with Crippen LogP contribution in [-0.2, 0) is 6.54 Å². The lowest BCUT2D eigenvalue weighted by molar-refractivity contribution is 0.415. The molecule has 0 spiro atoms. The molecule has 2 aromatic carbocycles. The molecule has 154 valence electrons. The van der Waals surface area contributed by atoms with Crippen molar-refractivity contribution in [2.45, 2.75) is 23.9 Å². The Morgan fingerprint density at radius 2 is 1.97 bits per heavy atom. The van der Waals surface area contributed by atoms with E-state index in [2.05, 4.69) is 10.2 Å². The Morgan fingerprint density at radius 1 is 1.10 bits per heavy atom. The van der Waals surface area contributed by atoms with Crippen LogP contribution < -0.4 is 4.74 Å². The molecule has 0 fully saturated rings. The first-order valence-electron chi connectivity index (χ1n) is 9.26. The fourth-order valence-corrected chi connectivity index (χ4v) is 4.09. The first-order valence-corrected chi connectivity index (χ1v) is 10.1. The monoisotopic (exact) mass is 427 g/mol. The maximum absolute atomic E-state index is 14.2. The standard InChI is InChI=1S/C22H19F2N3O2S/c1-14(19-12-16(23)8-9-20(19)24)30-22-26-25-21(15-5-3-6-17(11-15)28-2)27(22)13-18-7-4-10-29-18/h3-12,14H,13H2,1-2H3. The third-order valence-corrected chi connectivity index (χ3v) is 5.74. The molecule has 0 N–H and O–H groups in total. The van der Waals surface area contributed by atoms with Crippen molar-refractivity contribution in [3.8, 4) is 17.1 Å². The Kier molecular flexibility index (Phi) is 5.85. The van der Waals surface area contributed by atoms with Gasteiger partial charge in [-0.05, 0) is 49.4 Å². The number of aromatic nitrogens is 3. The number of hydrogen-bond donors (Lipinski definition) is 0. The SMILES string of the molecule is COc1cccc(-c2nnc(SC(C)c3cc(F)ccc3F)n2Cc2ccco2)c1. The molecule has 2 heterocycles. The van der Waals surface area contributed by atoms with Gasteiger partial charge in [0.15, 0.2) is 11.0 Å². The van der Waals surface area contributed by atoms with Crippen LogP contribution in [0.25, 0.3) is 11.4 Å². The highest BCUT2D eigenvalue weighted by atomic mass is 32.2. The van der Waals surface area contributed by atoms with Gasteiger partial charge in [-0.3, -0.25) is 4.57 Å². The van der Waals surface area contributed by atoms with Gasteiger partial charge < -0.3 is 9.15 Å². The summed E-state index contributed by atoms with van der Waals surface area (Å²) in [5.74, 6) is 1.11. The van der Waals surface area contributed by atoms with E-state index in [-0.39, 0.29) is 10.8 Å². The molecule has 0 saturated heterocycles. The molecule has 0 bridgehead atoms.